The molecule has 1 amide bonds. The Balaban J connectivity index is 1.72. The van der Waals surface area contributed by atoms with Crippen LogP contribution in [0, 0.1) is 13.8 Å². The summed E-state index contributed by atoms with van der Waals surface area (Å²) in [5, 5.41) is 2.79. The fourth-order valence-corrected chi connectivity index (χ4v) is 3.17. The molecule has 2 rings (SSSR count). The average Bonchev–Trinajstić information content (AvgIpc) is 2.51. The zero-order valence-corrected chi connectivity index (χ0v) is 14.7. The molecule has 0 heterocycles. The summed E-state index contributed by atoms with van der Waals surface area (Å²) in [5.74, 6) is 0.881. The zero-order valence-electron chi connectivity index (χ0n) is 13.8. The molecule has 0 unspecified atom stereocenters. The van der Waals surface area contributed by atoms with Gasteiger partial charge in [-0.05, 0) is 56.2 Å². The molecule has 0 aromatic heterocycles. The molecule has 2 aromatic carbocycles. The lowest BCUT2D eigenvalue weighted by atomic mass is 10.1. The van der Waals surface area contributed by atoms with Gasteiger partial charge in [0.25, 0.3) is 0 Å². The molecule has 0 radical (unpaired) electrons. The van der Waals surface area contributed by atoms with Crippen molar-refractivity contribution in [3.05, 3.63) is 59.7 Å². The van der Waals surface area contributed by atoms with Crippen molar-refractivity contribution in [2.45, 2.75) is 30.9 Å². The van der Waals surface area contributed by atoms with Gasteiger partial charge in [0.05, 0.1) is 11.8 Å². The number of aryl methyl sites for hydroxylation is 2. The first-order chi connectivity index (χ1) is 11.0. The SMILES string of the molecule is Cc1cc(C)cc(OCCNC(=O)[C@@H](C)Sc2ccccc2)c1. The predicted molar refractivity (Wildman–Crippen MR) is 96.2 cm³/mol. The van der Waals surface area contributed by atoms with E-state index in [0.29, 0.717) is 13.2 Å². The van der Waals surface area contributed by atoms with Crippen LogP contribution in [0.4, 0.5) is 0 Å². The molecule has 2 aromatic rings. The molecule has 0 aliphatic rings. The van der Waals surface area contributed by atoms with Crippen LogP contribution >= 0.6 is 11.8 Å². The highest BCUT2D eigenvalue weighted by molar-refractivity contribution is 8.00. The van der Waals surface area contributed by atoms with Crippen LogP contribution in [-0.2, 0) is 4.79 Å². The normalized spacial score (nSPS) is 11.8. The van der Waals surface area contributed by atoms with E-state index < -0.39 is 0 Å². The van der Waals surface area contributed by atoms with Crippen molar-refractivity contribution < 1.29 is 9.53 Å². The van der Waals surface area contributed by atoms with Gasteiger partial charge in [0.2, 0.25) is 5.91 Å². The molecule has 1 atom stereocenters. The largest absolute Gasteiger partial charge is 0.492 e. The summed E-state index contributed by atoms with van der Waals surface area (Å²) in [7, 11) is 0. The molecule has 1 N–H and O–H groups in total. The molecule has 4 heteroatoms. The van der Waals surface area contributed by atoms with Crippen LogP contribution in [0.2, 0.25) is 0 Å². The summed E-state index contributed by atoms with van der Waals surface area (Å²) in [4.78, 5) is 13.2. The van der Waals surface area contributed by atoms with Gasteiger partial charge in [0.15, 0.2) is 0 Å². The topological polar surface area (TPSA) is 38.3 Å². The van der Waals surface area contributed by atoms with E-state index in [-0.39, 0.29) is 11.2 Å². The molecular weight excluding hydrogens is 306 g/mol. The second-order valence-corrected chi connectivity index (χ2v) is 6.95. The number of rotatable bonds is 7. The number of amides is 1. The Hall–Kier alpha value is -1.94. The molecule has 0 saturated heterocycles. The number of nitrogens with one attached hydrogen (secondary N) is 1. The lowest BCUT2D eigenvalue weighted by Crippen LogP contribution is -2.33. The maximum atomic E-state index is 12.1. The number of hydrogen-bond donors (Lipinski definition) is 1. The van der Waals surface area contributed by atoms with Gasteiger partial charge in [-0.2, -0.15) is 0 Å². The predicted octanol–water partition coefficient (Wildman–Crippen LogP) is 3.98. The molecule has 0 spiro atoms. The summed E-state index contributed by atoms with van der Waals surface area (Å²) < 4.78 is 5.69. The van der Waals surface area contributed by atoms with Crippen LogP contribution in [-0.4, -0.2) is 24.3 Å². The monoisotopic (exact) mass is 329 g/mol. The fourth-order valence-electron chi connectivity index (χ4n) is 2.26. The van der Waals surface area contributed by atoms with Crippen molar-refractivity contribution in [3.63, 3.8) is 0 Å². The summed E-state index contributed by atoms with van der Waals surface area (Å²) in [6.07, 6.45) is 0. The second-order valence-electron chi connectivity index (χ2n) is 5.54. The van der Waals surface area contributed by atoms with Crippen LogP contribution in [0.3, 0.4) is 0 Å². The standard InChI is InChI=1S/C19H23NO2S/c1-14-11-15(2)13-17(12-14)22-10-9-20-19(21)16(3)23-18-7-5-4-6-8-18/h4-8,11-13,16H,9-10H2,1-3H3,(H,20,21)/t16-/m1/s1. The quantitative estimate of drug-likeness (QED) is 0.617. The summed E-state index contributed by atoms with van der Waals surface area (Å²) in [5.41, 5.74) is 2.36. The Morgan fingerprint density at radius 2 is 1.78 bits per heavy atom. The Bertz CT molecular complexity index is 623. The minimum absolute atomic E-state index is 0.0304. The molecule has 0 bridgehead atoms. The van der Waals surface area contributed by atoms with E-state index in [1.807, 2.05) is 63.2 Å². The van der Waals surface area contributed by atoms with Crippen LogP contribution < -0.4 is 10.1 Å². The maximum Gasteiger partial charge on any atom is 0.233 e. The van der Waals surface area contributed by atoms with E-state index in [0.717, 1.165) is 10.6 Å². The Kier molecular flexibility index (Phi) is 6.53. The molecule has 0 aliphatic carbocycles. The van der Waals surface area contributed by atoms with E-state index in [9.17, 15) is 4.79 Å². The fraction of sp³-hybridized carbons (Fsp3) is 0.316. The third-order valence-corrected chi connectivity index (χ3v) is 4.40. The zero-order chi connectivity index (χ0) is 16.7. The van der Waals surface area contributed by atoms with Crippen LogP contribution in [0.1, 0.15) is 18.1 Å². The Labute approximate surface area is 142 Å². The first-order valence-electron chi connectivity index (χ1n) is 7.75. The van der Waals surface area contributed by atoms with E-state index in [1.54, 1.807) is 11.8 Å². The van der Waals surface area contributed by atoms with Gasteiger partial charge in [-0.15, -0.1) is 11.8 Å². The second kappa shape index (κ2) is 8.63. The van der Waals surface area contributed by atoms with Crippen LogP contribution in [0.15, 0.2) is 53.4 Å². The average molecular weight is 329 g/mol. The maximum absolute atomic E-state index is 12.1. The molecule has 0 fully saturated rings. The van der Waals surface area contributed by atoms with Gasteiger partial charge < -0.3 is 10.1 Å². The summed E-state index contributed by atoms with van der Waals surface area (Å²) in [6, 6.07) is 16.1. The first-order valence-corrected chi connectivity index (χ1v) is 8.63. The van der Waals surface area contributed by atoms with Gasteiger partial charge in [0, 0.05) is 4.90 Å². The summed E-state index contributed by atoms with van der Waals surface area (Å²) >= 11 is 1.56. The Morgan fingerprint density at radius 3 is 2.43 bits per heavy atom. The van der Waals surface area contributed by atoms with Crippen LogP contribution in [0.5, 0.6) is 5.75 Å². The van der Waals surface area contributed by atoms with Gasteiger partial charge in [-0.25, -0.2) is 0 Å². The number of hydrogen-bond acceptors (Lipinski definition) is 3. The molecular formula is C19H23NO2S. The van der Waals surface area contributed by atoms with Crippen molar-refractivity contribution in [1.82, 2.24) is 5.32 Å². The van der Waals surface area contributed by atoms with Gasteiger partial charge in [-0.3, -0.25) is 4.79 Å². The van der Waals surface area contributed by atoms with Crippen molar-refractivity contribution in [3.8, 4) is 5.75 Å². The highest BCUT2D eigenvalue weighted by atomic mass is 32.2. The first kappa shape index (κ1) is 17.4. The number of benzene rings is 2. The van der Waals surface area contributed by atoms with Crippen molar-refractivity contribution in [2.24, 2.45) is 0 Å². The highest BCUT2D eigenvalue weighted by Crippen LogP contribution is 2.22. The van der Waals surface area contributed by atoms with E-state index in [2.05, 4.69) is 11.4 Å². The van der Waals surface area contributed by atoms with Crippen molar-refractivity contribution in [2.75, 3.05) is 13.2 Å². The molecule has 0 aliphatic heterocycles. The van der Waals surface area contributed by atoms with E-state index >= 15 is 0 Å². The van der Waals surface area contributed by atoms with E-state index in [4.69, 9.17) is 4.74 Å². The minimum Gasteiger partial charge on any atom is -0.492 e. The Morgan fingerprint density at radius 1 is 1.13 bits per heavy atom. The molecule has 23 heavy (non-hydrogen) atoms. The van der Waals surface area contributed by atoms with Gasteiger partial charge in [0.1, 0.15) is 12.4 Å². The number of carbonyl (C=O) groups excluding carboxylic acids is 1. The summed E-state index contributed by atoms with van der Waals surface area (Å²) in [6.45, 7) is 6.98. The molecule has 122 valence electrons. The third kappa shape index (κ3) is 5.99. The van der Waals surface area contributed by atoms with E-state index in [1.165, 1.54) is 11.1 Å². The lowest BCUT2D eigenvalue weighted by Gasteiger charge is -2.13. The van der Waals surface area contributed by atoms with Crippen molar-refractivity contribution in [1.29, 1.82) is 0 Å². The number of carbonyl (C=O) groups is 1. The van der Waals surface area contributed by atoms with Crippen LogP contribution in [0.25, 0.3) is 0 Å². The number of ether oxygens (including phenoxy) is 1. The van der Waals surface area contributed by atoms with Gasteiger partial charge in [-0.1, -0.05) is 24.3 Å². The lowest BCUT2D eigenvalue weighted by molar-refractivity contribution is -0.120. The minimum atomic E-state index is -0.126. The number of thioether (sulfide) groups is 1. The molecule has 0 saturated carbocycles. The third-order valence-electron chi connectivity index (χ3n) is 3.29. The smallest absolute Gasteiger partial charge is 0.233 e. The molecule has 3 nitrogen and oxygen atoms in total. The van der Waals surface area contributed by atoms with Crippen molar-refractivity contribution >= 4 is 17.7 Å². The van der Waals surface area contributed by atoms with Gasteiger partial charge >= 0.3 is 0 Å². The highest BCUT2D eigenvalue weighted by Gasteiger charge is 2.13.